The Morgan fingerprint density at radius 3 is 2.50 bits per heavy atom. The Morgan fingerprint density at radius 1 is 1.40 bits per heavy atom. The molecular weight excluding hydrogens is 148 g/mol. The monoisotopic (exact) mass is 162 g/mol. The maximum atomic E-state index is 11.5. The second-order valence-electron chi connectivity index (χ2n) is 2.53. The van der Waals surface area contributed by atoms with E-state index in [1.54, 1.807) is 0 Å². The van der Waals surface area contributed by atoms with Gasteiger partial charge in [-0.25, -0.2) is 8.57 Å². The van der Waals surface area contributed by atoms with Crippen LogP contribution < -0.4 is 5.73 Å². The first-order valence-corrected chi connectivity index (χ1v) is 5.50. The molecule has 1 fully saturated rings. The number of nitrogens with zero attached hydrogens (tertiary/aromatic N) is 1. The Labute approximate surface area is 62.2 Å². The molecule has 0 atom stereocenters. The maximum absolute atomic E-state index is 11.5. The normalized spacial score (nSPS) is 22.9. The van der Waals surface area contributed by atoms with Crippen LogP contribution in [-0.2, 0) is 9.73 Å². The van der Waals surface area contributed by atoms with E-state index in [-0.39, 0.29) is 0 Å². The van der Waals surface area contributed by atoms with Crippen LogP contribution in [-0.4, -0.2) is 28.8 Å². The minimum atomic E-state index is -1.77. The van der Waals surface area contributed by atoms with E-state index < -0.39 is 9.73 Å². The van der Waals surface area contributed by atoms with Crippen molar-refractivity contribution in [1.29, 1.82) is 0 Å². The van der Waals surface area contributed by atoms with Crippen LogP contribution in [0.15, 0.2) is 4.36 Å². The molecule has 0 radical (unpaired) electrons. The molecule has 0 saturated carbocycles. The second-order valence-corrected chi connectivity index (χ2v) is 5.15. The van der Waals surface area contributed by atoms with Gasteiger partial charge in [0.25, 0.3) is 0 Å². The van der Waals surface area contributed by atoms with E-state index in [1.165, 1.54) is 0 Å². The van der Waals surface area contributed by atoms with Crippen molar-refractivity contribution in [1.82, 2.24) is 0 Å². The largest absolute Gasteiger partial charge is 0.329 e. The molecule has 1 rings (SSSR count). The highest BCUT2D eigenvalue weighted by Gasteiger charge is 2.14. The highest BCUT2D eigenvalue weighted by Crippen LogP contribution is 2.12. The second kappa shape index (κ2) is 3.34. The number of hydrogen-bond donors (Lipinski definition) is 1. The predicted molar refractivity (Wildman–Crippen MR) is 43.5 cm³/mol. The summed E-state index contributed by atoms with van der Waals surface area (Å²) in [6, 6.07) is 0. The first-order chi connectivity index (χ1) is 4.77. The van der Waals surface area contributed by atoms with Gasteiger partial charge in [0.05, 0.1) is 6.54 Å². The summed E-state index contributed by atoms with van der Waals surface area (Å²) in [6.45, 7) is 1.09. The molecule has 0 bridgehead atoms. The van der Waals surface area contributed by atoms with E-state index in [9.17, 15) is 4.21 Å². The zero-order valence-corrected chi connectivity index (χ0v) is 6.90. The zero-order valence-electron chi connectivity index (χ0n) is 6.08. The molecule has 0 aromatic rings. The van der Waals surface area contributed by atoms with E-state index >= 15 is 0 Å². The van der Waals surface area contributed by atoms with Gasteiger partial charge in [0, 0.05) is 27.8 Å². The summed E-state index contributed by atoms with van der Waals surface area (Å²) in [4.78, 5) is 0. The number of hydrogen-bond acceptors (Lipinski definition) is 3. The van der Waals surface area contributed by atoms with Crippen molar-refractivity contribution in [3.63, 3.8) is 0 Å². The first-order valence-electron chi connectivity index (χ1n) is 3.65. The number of nitrogens with two attached hydrogens (primary N) is 1. The fraction of sp³-hybridized carbons (Fsp3) is 1.00. The summed E-state index contributed by atoms with van der Waals surface area (Å²) in [6.07, 6.45) is 2.15. The summed E-state index contributed by atoms with van der Waals surface area (Å²) in [5.74, 6) is 1.60. The van der Waals surface area contributed by atoms with Crippen molar-refractivity contribution in [3.05, 3.63) is 0 Å². The average Bonchev–Trinajstić information content (AvgIpc) is 2.33. The Hall–Kier alpha value is -0.0900. The van der Waals surface area contributed by atoms with Gasteiger partial charge in [-0.15, -0.1) is 0 Å². The van der Waals surface area contributed by atoms with Crippen LogP contribution in [0.1, 0.15) is 12.8 Å². The van der Waals surface area contributed by atoms with Crippen LogP contribution in [0, 0.1) is 0 Å². The Kier molecular flexibility index (Phi) is 2.68. The lowest BCUT2D eigenvalue weighted by Crippen LogP contribution is -2.07. The molecular formula is C6H14N2OS. The first kappa shape index (κ1) is 8.01. The Balaban J connectivity index is 2.58. The van der Waals surface area contributed by atoms with Gasteiger partial charge >= 0.3 is 0 Å². The topological polar surface area (TPSA) is 55.4 Å². The molecule has 0 aromatic carbocycles. The van der Waals surface area contributed by atoms with Crippen LogP contribution in [0.5, 0.6) is 0 Å². The van der Waals surface area contributed by atoms with E-state index in [2.05, 4.69) is 4.36 Å². The molecule has 1 aliphatic rings. The molecule has 2 N–H and O–H groups in total. The zero-order chi connectivity index (χ0) is 7.45. The van der Waals surface area contributed by atoms with E-state index in [0.29, 0.717) is 13.1 Å². The van der Waals surface area contributed by atoms with Crippen LogP contribution in [0.25, 0.3) is 0 Å². The summed E-state index contributed by atoms with van der Waals surface area (Å²) in [5.41, 5.74) is 5.25. The summed E-state index contributed by atoms with van der Waals surface area (Å²) in [5, 5.41) is 0. The third kappa shape index (κ3) is 1.95. The predicted octanol–water partition coefficient (Wildman–Crippen LogP) is 0.207. The van der Waals surface area contributed by atoms with Crippen LogP contribution in [0.2, 0.25) is 0 Å². The minimum absolute atomic E-state index is 0.525. The molecule has 10 heavy (non-hydrogen) atoms. The Bertz CT molecular complexity index is 194. The van der Waals surface area contributed by atoms with Gasteiger partial charge in [0.15, 0.2) is 0 Å². The van der Waals surface area contributed by atoms with Gasteiger partial charge < -0.3 is 5.73 Å². The third-order valence-electron chi connectivity index (χ3n) is 1.63. The Morgan fingerprint density at radius 2 is 2.00 bits per heavy atom. The molecule has 1 aliphatic heterocycles. The van der Waals surface area contributed by atoms with Crippen LogP contribution in [0.4, 0.5) is 0 Å². The highest BCUT2D eigenvalue weighted by molar-refractivity contribution is 7.93. The molecule has 0 aromatic heterocycles. The smallest absolute Gasteiger partial charge is 0.0606 e. The third-order valence-corrected chi connectivity index (χ3v) is 4.14. The van der Waals surface area contributed by atoms with E-state index in [1.807, 2.05) is 0 Å². The summed E-state index contributed by atoms with van der Waals surface area (Å²) in [7, 11) is -1.77. The fourth-order valence-corrected chi connectivity index (χ4v) is 3.32. The molecule has 0 aliphatic carbocycles. The van der Waals surface area contributed by atoms with Gasteiger partial charge in [-0.1, -0.05) is 0 Å². The molecule has 0 unspecified atom stereocenters. The van der Waals surface area contributed by atoms with E-state index in [4.69, 9.17) is 5.73 Å². The van der Waals surface area contributed by atoms with Gasteiger partial charge in [-0.2, -0.15) is 0 Å². The SMILES string of the molecule is NCCN=S1(=O)CCCC1. The van der Waals surface area contributed by atoms with Gasteiger partial charge in [-0.05, 0) is 12.8 Å². The highest BCUT2D eigenvalue weighted by atomic mass is 32.2. The van der Waals surface area contributed by atoms with E-state index in [0.717, 1.165) is 24.3 Å². The van der Waals surface area contributed by atoms with Gasteiger partial charge in [-0.3, -0.25) is 0 Å². The molecule has 0 amide bonds. The van der Waals surface area contributed by atoms with Gasteiger partial charge in [0.1, 0.15) is 0 Å². The maximum Gasteiger partial charge on any atom is 0.0606 e. The van der Waals surface area contributed by atoms with Crippen LogP contribution >= 0.6 is 0 Å². The molecule has 4 heteroatoms. The minimum Gasteiger partial charge on any atom is -0.329 e. The lowest BCUT2D eigenvalue weighted by Gasteiger charge is -1.97. The fourth-order valence-electron chi connectivity index (χ4n) is 1.11. The average molecular weight is 162 g/mol. The molecule has 1 saturated heterocycles. The summed E-state index contributed by atoms with van der Waals surface area (Å²) < 4.78 is 15.6. The van der Waals surface area contributed by atoms with Crippen molar-refractivity contribution in [2.45, 2.75) is 12.8 Å². The van der Waals surface area contributed by atoms with Crippen molar-refractivity contribution in [3.8, 4) is 0 Å². The molecule has 0 spiro atoms. The number of rotatable bonds is 2. The summed E-state index contributed by atoms with van der Waals surface area (Å²) >= 11 is 0. The standard InChI is InChI=1S/C6H14N2OS/c7-3-4-8-10(9)5-1-2-6-10/h1-7H2. The van der Waals surface area contributed by atoms with Crippen molar-refractivity contribution < 1.29 is 4.21 Å². The lowest BCUT2D eigenvalue weighted by molar-refractivity contribution is 0.678. The molecule has 60 valence electrons. The van der Waals surface area contributed by atoms with Crippen molar-refractivity contribution in [2.24, 2.45) is 10.1 Å². The molecule has 1 heterocycles. The lowest BCUT2D eigenvalue weighted by atomic mass is 10.4. The molecule has 3 nitrogen and oxygen atoms in total. The van der Waals surface area contributed by atoms with Gasteiger partial charge in [0.2, 0.25) is 0 Å². The quantitative estimate of drug-likeness (QED) is 0.631. The van der Waals surface area contributed by atoms with Crippen molar-refractivity contribution >= 4 is 9.73 Å². The van der Waals surface area contributed by atoms with Crippen molar-refractivity contribution in [2.75, 3.05) is 24.6 Å². The van der Waals surface area contributed by atoms with Crippen LogP contribution in [0.3, 0.4) is 0 Å².